The van der Waals surface area contributed by atoms with E-state index in [2.05, 4.69) is 4.72 Å². The number of nitrogens with one attached hydrogen (secondary N) is 1. The van der Waals surface area contributed by atoms with Gasteiger partial charge in [-0.2, -0.15) is 0 Å². The molecule has 0 saturated carbocycles. The minimum Gasteiger partial charge on any atom is -0.312 e. The smallest absolute Gasteiger partial charge is 0.240 e. The van der Waals surface area contributed by atoms with Crippen molar-refractivity contribution in [3.63, 3.8) is 0 Å². The van der Waals surface area contributed by atoms with E-state index in [4.69, 9.17) is 0 Å². The quantitative estimate of drug-likeness (QED) is 0.763. The minimum atomic E-state index is -3.49. The first-order valence-corrected chi connectivity index (χ1v) is 9.43. The number of piperidine rings is 1. The molecule has 7 heteroatoms. The second-order valence-corrected chi connectivity index (χ2v) is 7.82. The van der Waals surface area contributed by atoms with Crippen LogP contribution in [0.25, 0.3) is 0 Å². The molecule has 23 heavy (non-hydrogen) atoms. The number of anilines is 1. The number of benzene rings is 1. The van der Waals surface area contributed by atoms with Crippen molar-refractivity contribution in [3.8, 4) is 0 Å². The Bertz CT molecular complexity index is 626. The van der Waals surface area contributed by atoms with Crippen molar-refractivity contribution in [2.75, 3.05) is 38.6 Å². The van der Waals surface area contributed by atoms with E-state index in [1.807, 2.05) is 19.0 Å². The van der Waals surface area contributed by atoms with Crippen molar-refractivity contribution < 1.29 is 13.2 Å². The van der Waals surface area contributed by atoms with E-state index in [1.165, 1.54) is 0 Å². The molecule has 1 aromatic rings. The Hall–Kier alpha value is -1.44. The van der Waals surface area contributed by atoms with Crippen molar-refractivity contribution in [2.45, 2.75) is 30.6 Å². The Labute approximate surface area is 138 Å². The zero-order chi connectivity index (χ0) is 16.9. The van der Waals surface area contributed by atoms with Crippen LogP contribution < -0.4 is 9.62 Å². The third kappa shape index (κ3) is 5.02. The zero-order valence-electron chi connectivity index (χ0n) is 13.8. The van der Waals surface area contributed by atoms with Crippen LogP contribution in [0.1, 0.15) is 25.7 Å². The Morgan fingerprint density at radius 3 is 2.48 bits per heavy atom. The van der Waals surface area contributed by atoms with Gasteiger partial charge in [0.1, 0.15) is 0 Å². The predicted octanol–water partition coefficient (Wildman–Crippen LogP) is 1.43. The number of carbonyl (C=O) groups excluding carboxylic acids is 1. The first kappa shape index (κ1) is 17.9. The SMILES string of the molecule is CN(C)CCCNS(=O)(=O)c1ccc(N2CCCCC2=O)cc1. The fraction of sp³-hybridized carbons (Fsp3) is 0.562. The summed E-state index contributed by atoms with van der Waals surface area (Å²) < 4.78 is 27.1. The highest BCUT2D eigenvalue weighted by atomic mass is 32.2. The maximum absolute atomic E-state index is 12.2. The predicted molar refractivity (Wildman–Crippen MR) is 91.0 cm³/mol. The van der Waals surface area contributed by atoms with Crippen LogP contribution in [0.2, 0.25) is 0 Å². The summed E-state index contributed by atoms with van der Waals surface area (Å²) in [4.78, 5) is 15.9. The third-order valence-electron chi connectivity index (χ3n) is 3.86. The van der Waals surface area contributed by atoms with Gasteiger partial charge in [-0.05, 0) is 64.2 Å². The van der Waals surface area contributed by atoms with E-state index >= 15 is 0 Å². The molecule has 1 fully saturated rings. The Kier molecular flexibility index (Phi) is 6.15. The van der Waals surface area contributed by atoms with E-state index in [0.29, 0.717) is 19.5 Å². The van der Waals surface area contributed by atoms with Crippen LogP contribution in [-0.4, -0.2) is 53.0 Å². The minimum absolute atomic E-state index is 0.105. The maximum Gasteiger partial charge on any atom is 0.240 e. The molecule has 0 spiro atoms. The molecule has 1 heterocycles. The van der Waals surface area contributed by atoms with Gasteiger partial charge in [0.05, 0.1) is 4.90 Å². The van der Waals surface area contributed by atoms with E-state index in [-0.39, 0.29) is 10.8 Å². The lowest BCUT2D eigenvalue weighted by Crippen LogP contribution is -2.35. The molecule has 1 amide bonds. The fourth-order valence-corrected chi connectivity index (χ4v) is 3.64. The number of carbonyl (C=O) groups is 1. The number of sulfonamides is 1. The van der Waals surface area contributed by atoms with Crippen LogP contribution in [0.5, 0.6) is 0 Å². The molecule has 1 saturated heterocycles. The molecule has 0 radical (unpaired) electrons. The maximum atomic E-state index is 12.2. The normalized spacial score (nSPS) is 16.1. The lowest BCUT2D eigenvalue weighted by molar-refractivity contribution is -0.119. The van der Waals surface area contributed by atoms with Gasteiger partial charge in [0.25, 0.3) is 0 Å². The Morgan fingerprint density at radius 2 is 1.87 bits per heavy atom. The highest BCUT2D eigenvalue weighted by Gasteiger charge is 2.20. The average Bonchev–Trinajstić information content (AvgIpc) is 2.52. The molecule has 0 atom stereocenters. The second kappa shape index (κ2) is 7.90. The molecular formula is C16H25N3O3S. The summed E-state index contributed by atoms with van der Waals surface area (Å²) in [5.74, 6) is 0.105. The number of amides is 1. The standard InChI is InChI=1S/C16H25N3O3S/c1-18(2)12-5-11-17-23(21,22)15-9-7-14(8-10-15)19-13-4-3-6-16(19)20/h7-10,17H,3-6,11-13H2,1-2H3. The van der Waals surface area contributed by atoms with Crippen LogP contribution in [0.4, 0.5) is 5.69 Å². The largest absolute Gasteiger partial charge is 0.312 e. The number of hydrogen-bond donors (Lipinski definition) is 1. The first-order chi connectivity index (χ1) is 10.9. The third-order valence-corrected chi connectivity index (χ3v) is 5.33. The van der Waals surface area contributed by atoms with Gasteiger partial charge in [0.2, 0.25) is 15.9 Å². The van der Waals surface area contributed by atoms with Crippen molar-refractivity contribution in [1.82, 2.24) is 9.62 Å². The highest BCUT2D eigenvalue weighted by molar-refractivity contribution is 7.89. The van der Waals surface area contributed by atoms with E-state index in [9.17, 15) is 13.2 Å². The van der Waals surface area contributed by atoms with Crippen LogP contribution in [0, 0.1) is 0 Å². The lowest BCUT2D eigenvalue weighted by atomic mass is 10.1. The molecule has 0 aromatic heterocycles. The van der Waals surface area contributed by atoms with Gasteiger partial charge in [-0.3, -0.25) is 4.79 Å². The molecule has 1 aliphatic heterocycles. The molecule has 128 valence electrons. The topological polar surface area (TPSA) is 69.7 Å². The summed E-state index contributed by atoms with van der Waals surface area (Å²) in [6, 6.07) is 6.53. The Morgan fingerprint density at radius 1 is 1.17 bits per heavy atom. The molecule has 1 aromatic carbocycles. The summed E-state index contributed by atoms with van der Waals surface area (Å²) in [5, 5.41) is 0. The van der Waals surface area contributed by atoms with Crippen molar-refractivity contribution in [2.24, 2.45) is 0 Å². The second-order valence-electron chi connectivity index (χ2n) is 6.05. The van der Waals surface area contributed by atoms with E-state index in [0.717, 1.165) is 31.5 Å². The molecule has 1 aliphatic rings. The summed E-state index contributed by atoms with van der Waals surface area (Å²) in [6.07, 6.45) is 3.23. The van der Waals surface area contributed by atoms with Gasteiger partial charge < -0.3 is 9.80 Å². The molecule has 1 N–H and O–H groups in total. The first-order valence-electron chi connectivity index (χ1n) is 7.95. The van der Waals surface area contributed by atoms with Crippen LogP contribution in [0.15, 0.2) is 29.2 Å². The van der Waals surface area contributed by atoms with Gasteiger partial charge in [0, 0.05) is 25.2 Å². The zero-order valence-corrected chi connectivity index (χ0v) is 14.6. The van der Waals surface area contributed by atoms with Gasteiger partial charge in [-0.1, -0.05) is 0 Å². The van der Waals surface area contributed by atoms with Crippen LogP contribution in [-0.2, 0) is 14.8 Å². The highest BCUT2D eigenvalue weighted by Crippen LogP contribution is 2.22. The number of nitrogens with zero attached hydrogens (tertiary/aromatic N) is 2. The monoisotopic (exact) mass is 339 g/mol. The average molecular weight is 339 g/mol. The molecule has 0 unspecified atom stereocenters. The summed E-state index contributed by atoms with van der Waals surface area (Å²) in [5.41, 5.74) is 0.765. The van der Waals surface area contributed by atoms with Crippen molar-refractivity contribution in [1.29, 1.82) is 0 Å². The number of hydrogen-bond acceptors (Lipinski definition) is 4. The van der Waals surface area contributed by atoms with Crippen molar-refractivity contribution in [3.05, 3.63) is 24.3 Å². The summed E-state index contributed by atoms with van der Waals surface area (Å²) in [7, 11) is 0.416. The molecular weight excluding hydrogens is 314 g/mol. The fourth-order valence-electron chi connectivity index (χ4n) is 2.57. The van der Waals surface area contributed by atoms with E-state index < -0.39 is 10.0 Å². The molecule has 6 nitrogen and oxygen atoms in total. The van der Waals surface area contributed by atoms with Crippen molar-refractivity contribution >= 4 is 21.6 Å². The molecule has 0 aliphatic carbocycles. The van der Waals surface area contributed by atoms with Gasteiger partial charge >= 0.3 is 0 Å². The van der Waals surface area contributed by atoms with Gasteiger partial charge in [-0.25, -0.2) is 13.1 Å². The van der Waals surface area contributed by atoms with Gasteiger partial charge in [0.15, 0.2) is 0 Å². The lowest BCUT2D eigenvalue weighted by Gasteiger charge is -2.26. The summed E-state index contributed by atoms with van der Waals surface area (Å²) in [6.45, 7) is 1.94. The van der Waals surface area contributed by atoms with Gasteiger partial charge in [-0.15, -0.1) is 0 Å². The van der Waals surface area contributed by atoms with Crippen LogP contribution >= 0.6 is 0 Å². The number of rotatable bonds is 7. The Balaban J connectivity index is 1.99. The molecule has 0 bridgehead atoms. The van der Waals surface area contributed by atoms with E-state index in [1.54, 1.807) is 29.2 Å². The molecule has 2 rings (SSSR count). The summed E-state index contributed by atoms with van der Waals surface area (Å²) >= 11 is 0. The van der Waals surface area contributed by atoms with Crippen LogP contribution in [0.3, 0.4) is 0 Å².